The zero-order chi connectivity index (χ0) is 11.9. The van der Waals surface area contributed by atoms with E-state index >= 15 is 0 Å². The topological polar surface area (TPSA) is 80.9 Å². The maximum absolute atomic E-state index is 9.70. The smallest absolute Gasteiger partial charge is 0.204 e. The first kappa shape index (κ1) is 10.2. The molecule has 82 valence electrons. The first-order valence-corrected chi connectivity index (χ1v) is 4.59. The molecule has 0 amide bonds. The second-order valence-electron chi connectivity index (χ2n) is 3.37. The molecule has 1 aromatic carbocycles. The highest BCUT2D eigenvalue weighted by Crippen LogP contribution is 2.34. The average Bonchev–Trinajstić information content (AvgIpc) is 2.35. The molecule has 0 radical (unpaired) electrons. The van der Waals surface area contributed by atoms with E-state index in [1.54, 1.807) is 18.2 Å². The van der Waals surface area contributed by atoms with Gasteiger partial charge in [0.1, 0.15) is 0 Å². The molecule has 2 bridgehead atoms. The van der Waals surface area contributed by atoms with E-state index < -0.39 is 23.0 Å². The third-order valence-corrected chi connectivity index (χ3v) is 2.49. The van der Waals surface area contributed by atoms with Crippen LogP contribution in [0.25, 0.3) is 17.6 Å². The maximum Gasteiger partial charge on any atom is 0.204 e. The van der Waals surface area contributed by atoms with Crippen LogP contribution in [0.4, 0.5) is 0 Å². The van der Waals surface area contributed by atoms with Gasteiger partial charge in [-0.15, -0.1) is 0 Å². The summed E-state index contributed by atoms with van der Waals surface area (Å²) in [6.07, 6.45) is 1.43. The molecule has 16 heavy (non-hydrogen) atoms. The molecule has 1 aliphatic carbocycles. The van der Waals surface area contributed by atoms with Gasteiger partial charge in [0.25, 0.3) is 0 Å². The summed E-state index contributed by atoms with van der Waals surface area (Å²) < 4.78 is 0. The lowest BCUT2D eigenvalue weighted by molar-refractivity contribution is 0.304. The van der Waals surface area contributed by atoms with Crippen molar-refractivity contribution in [2.24, 2.45) is 0 Å². The Morgan fingerprint density at radius 3 is 1.62 bits per heavy atom. The highest BCUT2D eigenvalue weighted by molar-refractivity contribution is 5.84. The number of aliphatic hydroxyl groups excluding tert-OH is 4. The summed E-state index contributed by atoms with van der Waals surface area (Å²) in [5.41, 5.74) is 1.06. The molecular formula is C12H10O4. The minimum atomic E-state index is -0.748. The van der Waals surface area contributed by atoms with E-state index in [0.717, 1.165) is 0 Å². The predicted molar refractivity (Wildman–Crippen MR) is 60.9 cm³/mol. The molecule has 0 aliphatic heterocycles. The maximum atomic E-state index is 9.70. The van der Waals surface area contributed by atoms with Gasteiger partial charge in [-0.3, -0.25) is 0 Å². The van der Waals surface area contributed by atoms with E-state index in [2.05, 4.69) is 6.58 Å². The van der Waals surface area contributed by atoms with Gasteiger partial charge in [-0.2, -0.15) is 0 Å². The van der Waals surface area contributed by atoms with Crippen LogP contribution in [0.5, 0.6) is 0 Å². The van der Waals surface area contributed by atoms with Gasteiger partial charge in [0, 0.05) is 11.1 Å². The molecule has 4 nitrogen and oxygen atoms in total. The third kappa shape index (κ3) is 1.16. The quantitative estimate of drug-likeness (QED) is 0.584. The van der Waals surface area contributed by atoms with Gasteiger partial charge in [0.2, 0.25) is 11.5 Å². The van der Waals surface area contributed by atoms with Crippen LogP contribution < -0.4 is 0 Å². The number of hydrogen-bond donors (Lipinski definition) is 4. The molecule has 0 atom stereocenters. The first-order valence-electron chi connectivity index (χ1n) is 4.59. The van der Waals surface area contributed by atoms with Gasteiger partial charge in [0.15, 0.2) is 11.5 Å². The minimum Gasteiger partial charge on any atom is -0.504 e. The zero-order valence-electron chi connectivity index (χ0n) is 8.31. The second kappa shape index (κ2) is 3.34. The summed E-state index contributed by atoms with van der Waals surface area (Å²) in [6, 6.07) is 4.70. The van der Waals surface area contributed by atoms with Crippen molar-refractivity contribution in [3.63, 3.8) is 0 Å². The Balaban J connectivity index is 2.93. The van der Waals surface area contributed by atoms with Crippen LogP contribution in [0.1, 0.15) is 16.7 Å². The fourth-order valence-corrected chi connectivity index (χ4v) is 1.68. The fourth-order valence-electron chi connectivity index (χ4n) is 1.68. The van der Waals surface area contributed by atoms with Gasteiger partial charge in [-0.25, -0.2) is 0 Å². The summed E-state index contributed by atoms with van der Waals surface area (Å²) >= 11 is 0. The highest BCUT2D eigenvalue weighted by Gasteiger charge is 2.24. The summed E-state index contributed by atoms with van der Waals surface area (Å²) in [7, 11) is 0. The lowest BCUT2D eigenvalue weighted by Crippen LogP contribution is -1.94. The molecule has 2 rings (SSSR count). The summed E-state index contributed by atoms with van der Waals surface area (Å²) in [5, 5.41) is 38.4. The zero-order valence-corrected chi connectivity index (χ0v) is 8.31. The van der Waals surface area contributed by atoms with Crippen molar-refractivity contribution < 1.29 is 20.4 Å². The molecule has 0 fully saturated rings. The number of benzene rings is 1. The normalized spacial score (nSPS) is 15.0. The van der Waals surface area contributed by atoms with Crippen LogP contribution in [0, 0.1) is 0 Å². The van der Waals surface area contributed by atoms with Crippen LogP contribution in [0.3, 0.4) is 0 Å². The van der Waals surface area contributed by atoms with Crippen molar-refractivity contribution in [2.75, 3.05) is 0 Å². The lowest BCUT2D eigenvalue weighted by Gasteiger charge is -2.07. The predicted octanol–water partition coefficient (Wildman–Crippen LogP) is 2.91. The van der Waals surface area contributed by atoms with Crippen molar-refractivity contribution >= 4 is 17.6 Å². The van der Waals surface area contributed by atoms with Crippen LogP contribution in [0.15, 0.2) is 36.3 Å². The Bertz CT molecular complexity index is 496. The molecule has 0 aromatic heterocycles. The molecule has 1 aromatic rings. The summed E-state index contributed by atoms with van der Waals surface area (Å²) in [6.45, 7) is 3.56. The first-order chi connectivity index (χ1) is 7.57. The number of fused-ring (bicyclic) bond motifs is 2. The summed E-state index contributed by atoms with van der Waals surface area (Å²) in [4.78, 5) is 0. The Morgan fingerprint density at radius 2 is 1.25 bits per heavy atom. The van der Waals surface area contributed by atoms with E-state index in [1.807, 2.05) is 0 Å². The standard InChI is InChI=1S/C12H10O4/c1-2-6-7-4-3-5-8(6)10(14)12(16)11(15)9(7)13/h2-5,13-16H,1H2. The van der Waals surface area contributed by atoms with Gasteiger partial charge >= 0.3 is 0 Å². The van der Waals surface area contributed by atoms with Crippen molar-refractivity contribution in [3.05, 3.63) is 53.0 Å². The van der Waals surface area contributed by atoms with Crippen LogP contribution >= 0.6 is 0 Å². The van der Waals surface area contributed by atoms with Crippen molar-refractivity contribution in [3.8, 4) is 0 Å². The van der Waals surface area contributed by atoms with E-state index in [4.69, 9.17) is 0 Å². The molecule has 0 saturated heterocycles. The monoisotopic (exact) mass is 218 g/mol. The number of rotatable bonds is 1. The van der Waals surface area contributed by atoms with Gasteiger partial charge in [-0.05, 0) is 5.56 Å². The highest BCUT2D eigenvalue weighted by atomic mass is 16.3. The molecule has 0 heterocycles. The van der Waals surface area contributed by atoms with Crippen LogP contribution in [-0.4, -0.2) is 20.4 Å². The molecular weight excluding hydrogens is 208 g/mol. The van der Waals surface area contributed by atoms with Crippen molar-refractivity contribution in [2.45, 2.75) is 0 Å². The van der Waals surface area contributed by atoms with E-state index in [9.17, 15) is 20.4 Å². The lowest BCUT2D eigenvalue weighted by atomic mass is 10.00. The molecule has 4 N–H and O–H groups in total. The van der Waals surface area contributed by atoms with Crippen molar-refractivity contribution in [1.82, 2.24) is 0 Å². The number of aliphatic hydroxyl groups is 4. The average molecular weight is 218 g/mol. The molecule has 0 saturated carbocycles. The molecule has 0 unspecified atom stereocenters. The minimum absolute atomic E-state index is 0.306. The Labute approximate surface area is 91.7 Å². The largest absolute Gasteiger partial charge is 0.504 e. The molecule has 1 aliphatic rings. The molecule has 0 spiro atoms. The van der Waals surface area contributed by atoms with E-state index in [1.165, 1.54) is 6.08 Å². The van der Waals surface area contributed by atoms with Gasteiger partial charge < -0.3 is 20.4 Å². The van der Waals surface area contributed by atoms with Gasteiger partial charge in [0.05, 0.1) is 0 Å². The van der Waals surface area contributed by atoms with E-state index in [-0.39, 0.29) is 0 Å². The van der Waals surface area contributed by atoms with Crippen molar-refractivity contribution in [1.29, 1.82) is 0 Å². The Hall–Kier alpha value is -2.36. The SMILES string of the molecule is C=Cc1c2cccc1C(O)=C(O)C(O)=C2O. The second-order valence-corrected chi connectivity index (χ2v) is 3.37. The van der Waals surface area contributed by atoms with E-state index in [0.29, 0.717) is 16.7 Å². The van der Waals surface area contributed by atoms with Gasteiger partial charge in [-0.1, -0.05) is 30.9 Å². The third-order valence-electron chi connectivity index (χ3n) is 2.49. The summed E-state index contributed by atoms with van der Waals surface area (Å²) in [5.74, 6) is -2.47. The Kier molecular flexibility index (Phi) is 2.12. The Morgan fingerprint density at radius 1 is 0.812 bits per heavy atom. The number of hydrogen-bond acceptors (Lipinski definition) is 4. The van der Waals surface area contributed by atoms with Crippen LogP contribution in [0.2, 0.25) is 0 Å². The fraction of sp³-hybridized carbons (Fsp3) is 0. The van der Waals surface area contributed by atoms with Crippen LogP contribution in [-0.2, 0) is 0 Å². The molecule has 4 heteroatoms.